The standard InChI is InChI=1S/C14H16N4O2S/c15-11-12(10-5-1-2-6-16-10)18-21-13(11)14(19)17-8-9-4-3-7-20-9/h1-2,5-6,9H,3-4,7-8,15H2,(H,17,19). The zero-order chi connectivity index (χ0) is 14.7. The van der Waals surface area contributed by atoms with Gasteiger partial charge in [0.15, 0.2) is 0 Å². The summed E-state index contributed by atoms with van der Waals surface area (Å²) in [5.74, 6) is -0.206. The van der Waals surface area contributed by atoms with Gasteiger partial charge in [-0.2, -0.15) is 4.37 Å². The molecule has 0 aromatic carbocycles. The molecule has 2 aromatic rings. The molecule has 2 aromatic heterocycles. The Morgan fingerprint density at radius 3 is 3.14 bits per heavy atom. The summed E-state index contributed by atoms with van der Waals surface area (Å²) in [4.78, 5) is 16.8. The van der Waals surface area contributed by atoms with E-state index in [0.717, 1.165) is 31.0 Å². The highest BCUT2D eigenvalue weighted by Crippen LogP contribution is 2.29. The maximum absolute atomic E-state index is 12.2. The van der Waals surface area contributed by atoms with Crippen LogP contribution < -0.4 is 11.1 Å². The van der Waals surface area contributed by atoms with Gasteiger partial charge in [0.1, 0.15) is 10.6 Å². The molecule has 3 heterocycles. The topological polar surface area (TPSA) is 90.1 Å². The Bertz CT molecular complexity index is 623. The average molecular weight is 304 g/mol. The van der Waals surface area contributed by atoms with Crippen molar-refractivity contribution in [2.24, 2.45) is 0 Å². The van der Waals surface area contributed by atoms with Crippen molar-refractivity contribution < 1.29 is 9.53 Å². The molecular formula is C14H16N4O2S. The Hall–Kier alpha value is -1.99. The predicted molar refractivity (Wildman–Crippen MR) is 81.1 cm³/mol. The van der Waals surface area contributed by atoms with Crippen LogP contribution in [0.4, 0.5) is 5.69 Å². The second kappa shape index (κ2) is 6.19. The molecule has 110 valence electrons. The normalized spacial score (nSPS) is 17.8. The van der Waals surface area contributed by atoms with E-state index < -0.39 is 0 Å². The first-order chi connectivity index (χ1) is 10.3. The number of hydrogen-bond donors (Lipinski definition) is 2. The summed E-state index contributed by atoms with van der Waals surface area (Å²) >= 11 is 1.09. The lowest BCUT2D eigenvalue weighted by atomic mass is 10.2. The van der Waals surface area contributed by atoms with Gasteiger partial charge in [-0.1, -0.05) is 6.07 Å². The van der Waals surface area contributed by atoms with E-state index >= 15 is 0 Å². The summed E-state index contributed by atoms with van der Waals surface area (Å²) in [5.41, 5.74) is 7.64. The van der Waals surface area contributed by atoms with Gasteiger partial charge in [0.25, 0.3) is 5.91 Å². The number of amides is 1. The third-order valence-corrected chi connectivity index (χ3v) is 4.22. The molecule has 0 aliphatic carbocycles. The Morgan fingerprint density at radius 1 is 1.52 bits per heavy atom. The molecule has 3 N–H and O–H groups in total. The average Bonchev–Trinajstić information content (AvgIpc) is 3.15. The first-order valence-corrected chi connectivity index (χ1v) is 7.59. The van der Waals surface area contributed by atoms with E-state index in [4.69, 9.17) is 10.5 Å². The molecule has 0 bridgehead atoms. The summed E-state index contributed by atoms with van der Waals surface area (Å²) in [6.07, 6.45) is 3.81. The Labute approximate surface area is 126 Å². The molecule has 21 heavy (non-hydrogen) atoms. The summed E-state index contributed by atoms with van der Waals surface area (Å²) in [7, 11) is 0. The largest absolute Gasteiger partial charge is 0.396 e. The number of carbonyl (C=O) groups is 1. The van der Waals surface area contributed by atoms with Gasteiger partial charge in [-0.15, -0.1) is 0 Å². The minimum absolute atomic E-state index is 0.110. The van der Waals surface area contributed by atoms with E-state index in [1.54, 1.807) is 6.20 Å². The summed E-state index contributed by atoms with van der Waals surface area (Å²) in [6.45, 7) is 1.28. The van der Waals surface area contributed by atoms with Crippen LogP contribution in [0.5, 0.6) is 0 Å². The van der Waals surface area contributed by atoms with Crippen molar-refractivity contribution in [3.8, 4) is 11.4 Å². The lowest BCUT2D eigenvalue weighted by Crippen LogP contribution is -2.31. The molecule has 7 heteroatoms. The van der Waals surface area contributed by atoms with E-state index in [0.29, 0.717) is 28.5 Å². The molecule has 6 nitrogen and oxygen atoms in total. The summed E-state index contributed by atoms with van der Waals surface area (Å²) < 4.78 is 9.72. The Morgan fingerprint density at radius 2 is 2.43 bits per heavy atom. The molecule has 1 aliphatic heterocycles. The van der Waals surface area contributed by atoms with Gasteiger partial charge in [-0.25, -0.2) is 0 Å². The SMILES string of the molecule is Nc1c(-c2ccccn2)nsc1C(=O)NCC1CCCO1. The van der Waals surface area contributed by atoms with E-state index in [1.807, 2.05) is 18.2 Å². The van der Waals surface area contributed by atoms with Crippen molar-refractivity contribution in [1.82, 2.24) is 14.7 Å². The highest BCUT2D eigenvalue weighted by molar-refractivity contribution is 7.09. The highest BCUT2D eigenvalue weighted by atomic mass is 32.1. The lowest BCUT2D eigenvalue weighted by Gasteiger charge is -2.10. The quantitative estimate of drug-likeness (QED) is 0.897. The van der Waals surface area contributed by atoms with Crippen molar-refractivity contribution in [3.05, 3.63) is 29.3 Å². The van der Waals surface area contributed by atoms with Gasteiger partial charge in [0, 0.05) is 19.3 Å². The maximum atomic E-state index is 12.2. The summed E-state index contributed by atoms with van der Waals surface area (Å²) in [6, 6.07) is 5.50. The first-order valence-electron chi connectivity index (χ1n) is 6.82. The van der Waals surface area contributed by atoms with E-state index in [1.165, 1.54) is 0 Å². The van der Waals surface area contributed by atoms with Gasteiger partial charge in [-0.05, 0) is 36.5 Å². The van der Waals surface area contributed by atoms with Crippen LogP contribution >= 0.6 is 11.5 Å². The highest BCUT2D eigenvalue weighted by Gasteiger charge is 2.21. The number of anilines is 1. The molecule has 3 rings (SSSR count). The van der Waals surface area contributed by atoms with Crippen LogP contribution in [0.1, 0.15) is 22.5 Å². The van der Waals surface area contributed by atoms with Gasteiger partial charge >= 0.3 is 0 Å². The molecule has 1 unspecified atom stereocenters. The summed E-state index contributed by atoms with van der Waals surface area (Å²) in [5, 5.41) is 2.85. The zero-order valence-corrected chi connectivity index (χ0v) is 12.2. The number of nitrogens with two attached hydrogens (primary N) is 1. The predicted octanol–water partition coefficient (Wildman–Crippen LogP) is 1.70. The van der Waals surface area contributed by atoms with Gasteiger partial charge in [-0.3, -0.25) is 9.78 Å². The fourth-order valence-corrected chi connectivity index (χ4v) is 2.97. The molecule has 1 amide bonds. The number of rotatable bonds is 4. The van der Waals surface area contributed by atoms with Crippen LogP contribution in [0.2, 0.25) is 0 Å². The van der Waals surface area contributed by atoms with E-state index in [2.05, 4.69) is 14.7 Å². The molecule has 0 spiro atoms. The molecule has 1 aliphatic rings. The number of pyridine rings is 1. The maximum Gasteiger partial charge on any atom is 0.265 e. The molecular weight excluding hydrogens is 288 g/mol. The minimum atomic E-state index is -0.206. The first kappa shape index (κ1) is 14.0. The Balaban J connectivity index is 1.71. The lowest BCUT2D eigenvalue weighted by molar-refractivity contribution is 0.0861. The second-order valence-corrected chi connectivity index (χ2v) is 5.61. The number of hydrogen-bond acceptors (Lipinski definition) is 6. The van der Waals surface area contributed by atoms with Crippen molar-refractivity contribution in [2.75, 3.05) is 18.9 Å². The molecule has 1 fully saturated rings. The van der Waals surface area contributed by atoms with Crippen LogP contribution in [-0.4, -0.2) is 34.5 Å². The fourth-order valence-electron chi connectivity index (χ4n) is 2.24. The molecule has 1 saturated heterocycles. The van der Waals surface area contributed by atoms with Gasteiger partial charge < -0.3 is 15.8 Å². The van der Waals surface area contributed by atoms with Crippen LogP contribution in [0, 0.1) is 0 Å². The van der Waals surface area contributed by atoms with Crippen LogP contribution in [-0.2, 0) is 4.74 Å². The van der Waals surface area contributed by atoms with Crippen molar-refractivity contribution >= 4 is 23.1 Å². The molecule has 1 atom stereocenters. The van der Waals surface area contributed by atoms with Crippen molar-refractivity contribution in [1.29, 1.82) is 0 Å². The van der Waals surface area contributed by atoms with Gasteiger partial charge in [0.05, 0.1) is 17.5 Å². The number of nitrogens with zero attached hydrogens (tertiary/aromatic N) is 2. The number of nitrogens with one attached hydrogen (secondary N) is 1. The Kier molecular flexibility index (Phi) is 4.12. The minimum Gasteiger partial charge on any atom is -0.396 e. The number of ether oxygens (including phenoxy) is 1. The molecule has 0 radical (unpaired) electrons. The third-order valence-electron chi connectivity index (χ3n) is 3.36. The van der Waals surface area contributed by atoms with E-state index in [-0.39, 0.29) is 12.0 Å². The number of carbonyl (C=O) groups excluding carboxylic acids is 1. The smallest absolute Gasteiger partial charge is 0.265 e. The van der Waals surface area contributed by atoms with Crippen LogP contribution in [0.3, 0.4) is 0 Å². The van der Waals surface area contributed by atoms with Crippen molar-refractivity contribution in [3.63, 3.8) is 0 Å². The number of aromatic nitrogens is 2. The monoisotopic (exact) mass is 304 g/mol. The second-order valence-electron chi connectivity index (χ2n) is 4.83. The third kappa shape index (κ3) is 3.03. The molecule has 0 saturated carbocycles. The zero-order valence-electron chi connectivity index (χ0n) is 11.4. The number of nitrogen functional groups attached to an aromatic ring is 1. The van der Waals surface area contributed by atoms with Crippen LogP contribution in [0.15, 0.2) is 24.4 Å². The fraction of sp³-hybridized carbons (Fsp3) is 0.357. The van der Waals surface area contributed by atoms with Crippen LogP contribution in [0.25, 0.3) is 11.4 Å². The van der Waals surface area contributed by atoms with Gasteiger partial charge in [0.2, 0.25) is 0 Å². The van der Waals surface area contributed by atoms with E-state index in [9.17, 15) is 4.79 Å². The van der Waals surface area contributed by atoms with Crippen molar-refractivity contribution in [2.45, 2.75) is 18.9 Å².